The van der Waals surface area contributed by atoms with Crippen LogP contribution in [0.3, 0.4) is 0 Å². The summed E-state index contributed by atoms with van der Waals surface area (Å²) in [6.45, 7) is 6.23. The highest BCUT2D eigenvalue weighted by Crippen LogP contribution is 2.00. The zero-order chi connectivity index (χ0) is 11.7. The van der Waals surface area contributed by atoms with E-state index in [1.807, 2.05) is 0 Å². The Morgan fingerprint density at radius 1 is 1.47 bits per heavy atom. The first-order chi connectivity index (χ1) is 7.15. The number of rotatable bonds is 8. The quantitative estimate of drug-likeness (QED) is 0.329. The highest BCUT2D eigenvalue weighted by Gasteiger charge is 2.19. The van der Waals surface area contributed by atoms with E-state index >= 15 is 0 Å². The van der Waals surface area contributed by atoms with Crippen molar-refractivity contribution >= 4 is 5.97 Å². The van der Waals surface area contributed by atoms with Crippen molar-refractivity contribution < 1.29 is 24.5 Å². The Morgan fingerprint density at radius 2 is 2.13 bits per heavy atom. The molecule has 0 heterocycles. The van der Waals surface area contributed by atoms with E-state index in [0.717, 1.165) is 6.08 Å². The van der Waals surface area contributed by atoms with E-state index in [1.54, 1.807) is 0 Å². The van der Waals surface area contributed by atoms with Crippen LogP contribution in [0.1, 0.15) is 0 Å². The van der Waals surface area contributed by atoms with Gasteiger partial charge in [-0.15, -0.1) is 6.58 Å². The molecule has 0 aliphatic heterocycles. The highest BCUT2D eigenvalue weighted by molar-refractivity contribution is 5.81. The summed E-state index contributed by atoms with van der Waals surface area (Å²) in [5.74, 6) is -0.630. The van der Waals surface area contributed by atoms with Crippen LogP contribution in [0.5, 0.6) is 0 Å². The van der Waals surface area contributed by atoms with E-state index < -0.39 is 18.2 Å². The van der Waals surface area contributed by atoms with Crippen molar-refractivity contribution in [2.45, 2.75) is 12.2 Å². The average Bonchev–Trinajstić information content (AvgIpc) is 2.26. The van der Waals surface area contributed by atoms with Crippen LogP contribution in [0.4, 0.5) is 0 Å². The Bertz CT molecular complexity index is 214. The summed E-state index contributed by atoms with van der Waals surface area (Å²) in [7, 11) is 0. The van der Waals surface area contributed by atoms with Gasteiger partial charge in [0.25, 0.3) is 0 Å². The fourth-order valence-corrected chi connectivity index (χ4v) is 0.811. The maximum Gasteiger partial charge on any atom is 0.330 e. The van der Waals surface area contributed by atoms with Gasteiger partial charge in [-0.2, -0.15) is 0 Å². The summed E-state index contributed by atoms with van der Waals surface area (Å²) >= 11 is 0. The molecule has 0 fully saturated rings. The smallest absolute Gasteiger partial charge is 0.330 e. The fraction of sp³-hybridized carbons (Fsp3) is 0.500. The molecule has 5 nitrogen and oxygen atoms in total. The molecule has 0 aliphatic carbocycles. The first-order valence-electron chi connectivity index (χ1n) is 4.46. The van der Waals surface area contributed by atoms with E-state index in [1.165, 1.54) is 6.08 Å². The third kappa shape index (κ3) is 6.01. The van der Waals surface area contributed by atoms with Crippen molar-refractivity contribution in [3.63, 3.8) is 0 Å². The van der Waals surface area contributed by atoms with Gasteiger partial charge in [0.1, 0.15) is 18.8 Å². The van der Waals surface area contributed by atoms with Crippen LogP contribution >= 0.6 is 0 Å². The van der Waals surface area contributed by atoms with Crippen molar-refractivity contribution in [3.05, 3.63) is 25.3 Å². The molecule has 86 valence electrons. The SMILES string of the molecule is C=CCOC(CO)C(O)COC(=O)C=C. The second-order valence-corrected chi connectivity index (χ2v) is 2.74. The van der Waals surface area contributed by atoms with E-state index in [0.29, 0.717) is 0 Å². The van der Waals surface area contributed by atoms with Crippen LogP contribution in [0.2, 0.25) is 0 Å². The van der Waals surface area contributed by atoms with Gasteiger partial charge in [-0.05, 0) is 0 Å². The molecule has 0 amide bonds. The summed E-state index contributed by atoms with van der Waals surface area (Å²) in [6.07, 6.45) is 0.621. The number of ether oxygens (including phenoxy) is 2. The van der Waals surface area contributed by atoms with Crippen molar-refractivity contribution in [2.24, 2.45) is 0 Å². The molecule has 0 aromatic rings. The van der Waals surface area contributed by atoms with E-state index in [-0.39, 0.29) is 19.8 Å². The number of carbonyl (C=O) groups is 1. The van der Waals surface area contributed by atoms with Crippen molar-refractivity contribution in [1.82, 2.24) is 0 Å². The van der Waals surface area contributed by atoms with Gasteiger partial charge < -0.3 is 19.7 Å². The second-order valence-electron chi connectivity index (χ2n) is 2.74. The maximum atomic E-state index is 10.7. The minimum Gasteiger partial charge on any atom is -0.460 e. The molecule has 0 spiro atoms. The van der Waals surface area contributed by atoms with E-state index in [9.17, 15) is 9.90 Å². The number of aliphatic hydroxyl groups excluding tert-OH is 2. The Morgan fingerprint density at radius 3 is 2.60 bits per heavy atom. The Hall–Kier alpha value is -1.17. The molecule has 0 saturated heterocycles. The van der Waals surface area contributed by atoms with Gasteiger partial charge in [0.15, 0.2) is 0 Å². The molecule has 2 atom stereocenters. The van der Waals surface area contributed by atoms with Gasteiger partial charge in [0.05, 0.1) is 13.2 Å². The fourth-order valence-electron chi connectivity index (χ4n) is 0.811. The molecule has 0 rings (SSSR count). The van der Waals surface area contributed by atoms with Gasteiger partial charge in [-0.25, -0.2) is 4.79 Å². The molecule has 0 radical (unpaired) electrons. The summed E-state index contributed by atoms with van der Waals surface area (Å²) < 4.78 is 9.62. The third-order valence-corrected chi connectivity index (χ3v) is 1.60. The van der Waals surface area contributed by atoms with E-state index in [4.69, 9.17) is 9.84 Å². The number of aliphatic hydroxyl groups is 2. The highest BCUT2D eigenvalue weighted by atomic mass is 16.6. The number of hydrogen-bond donors (Lipinski definition) is 2. The predicted molar refractivity (Wildman–Crippen MR) is 54.2 cm³/mol. The van der Waals surface area contributed by atoms with Gasteiger partial charge in [0, 0.05) is 6.08 Å². The minimum absolute atomic E-state index is 0.206. The van der Waals surface area contributed by atoms with Crippen molar-refractivity contribution in [2.75, 3.05) is 19.8 Å². The summed E-state index contributed by atoms with van der Waals surface area (Å²) in [6, 6.07) is 0. The lowest BCUT2D eigenvalue weighted by atomic mass is 10.2. The van der Waals surface area contributed by atoms with Crippen LogP contribution < -0.4 is 0 Å². The lowest BCUT2D eigenvalue weighted by Crippen LogP contribution is -2.36. The first kappa shape index (κ1) is 13.8. The molecular formula is C10H16O5. The van der Waals surface area contributed by atoms with Crippen molar-refractivity contribution in [3.8, 4) is 0 Å². The standard InChI is InChI=1S/C10H16O5/c1-3-5-14-9(6-11)8(12)7-15-10(13)4-2/h3-4,8-9,11-12H,1-2,5-7H2. The molecule has 5 heteroatoms. The number of carbonyl (C=O) groups excluding carboxylic acids is 1. The van der Waals surface area contributed by atoms with Crippen LogP contribution in [0.25, 0.3) is 0 Å². The molecule has 0 aliphatic rings. The molecule has 15 heavy (non-hydrogen) atoms. The van der Waals surface area contributed by atoms with Crippen LogP contribution in [0, 0.1) is 0 Å². The molecule has 0 saturated carbocycles. The Kier molecular flexibility index (Phi) is 7.53. The maximum absolute atomic E-state index is 10.7. The van der Waals surface area contributed by atoms with E-state index in [2.05, 4.69) is 17.9 Å². The van der Waals surface area contributed by atoms with Crippen molar-refractivity contribution in [1.29, 1.82) is 0 Å². The molecular weight excluding hydrogens is 200 g/mol. The third-order valence-electron chi connectivity index (χ3n) is 1.60. The minimum atomic E-state index is -1.07. The number of hydrogen-bond acceptors (Lipinski definition) is 5. The van der Waals surface area contributed by atoms with Gasteiger partial charge >= 0.3 is 5.97 Å². The average molecular weight is 216 g/mol. The summed E-state index contributed by atoms with van der Waals surface area (Å²) in [5, 5.41) is 18.3. The summed E-state index contributed by atoms with van der Waals surface area (Å²) in [5.41, 5.74) is 0. The second kappa shape index (κ2) is 8.16. The topological polar surface area (TPSA) is 76.0 Å². The molecule has 0 bridgehead atoms. The largest absolute Gasteiger partial charge is 0.460 e. The lowest BCUT2D eigenvalue weighted by molar-refractivity contribution is -0.145. The predicted octanol–water partition coefficient (Wildman–Crippen LogP) is -0.360. The molecule has 2 N–H and O–H groups in total. The summed E-state index contributed by atoms with van der Waals surface area (Å²) in [4.78, 5) is 10.7. The zero-order valence-electron chi connectivity index (χ0n) is 8.46. The van der Waals surface area contributed by atoms with Crippen LogP contribution in [0.15, 0.2) is 25.3 Å². The van der Waals surface area contributed by atoms with Gasteiger partial charge in [-0.1, -0.05) is 12.7 Å². The van der Waals surface area contributed by atoms with Gasteiger partial charge in [-0.3, -0.25) is 0 Å². The number of esters is 1. The zero-order valence-corrected chi connectivity index (χ0v) is 8.46. The lowest BCUT2D eigenvalue weighted by Gasteiger charge is -2.20. The first-order valence-corrected chi connectivity index (χ1v) is 4.46. The Labute approximate surface area is 88.6 Å². The molecule has 0 aromatic carbocycles. The molecule has 0 aromatic heterocycles. The van der Waals surface area contributed by atoms with Crippen LogP contribution in [-0.4, -0.2) is 48.2 Å². The molecule has 2 unspecified atom stereocenters. The monoisotopic (exact) mass is 216 g/mol. The van der Waals surface area contributed by atoms with Crippen LogP contribution in [-0.2, 0) is 14.3 Å². The van der Waals surface area contributed by atoms with Gasteiger partial charge in [0.2, 0.25) is 0 Å². The Balaban J connectivity index is 3.91. The normalized spacial score (nSPS) is 14.0.